The summed E-state index contributed by atoms with van der Waals surface area (Å²) in [6.45, 7) is 6.54. The normalized spacial score (nSPS) is 16.7. The molecule has 1 aliphatic heterocycles. The number of nitrogens with zero attached hydrogens (tertiary/aromatic N) is 2. The third kappa shape index (κ3) is 3.97. The molecule has 0 bridgehead atoms. The van der Waals surface area contributed by atoms with Gasteiger partial charge in [-0.2, -0.15) is 0 Å². The standard InChI is InChI=1S/C28H31N3/c1-20-21(2)30-27-26(20)24(16-15-22-10-5-3-6-11-22)18-29-28(27)31-17-9-14-25(19-31)23-12-7-4-8-13-23/h3-8,10-13,18,25,30H,9,14-17,19H2,1-2H3. The van der Waals surface area contributed by atoms with Crippen molar-refractivity contribution < 1.29 is 0 Å². The highest BCUT2D eigenvalue weighted by Gasteiger charge is 2.25. The summed E-state index contributed by atoms with van der Waals surface area (Å²) in [6, 6.07) is 21.7. The molecule has 1 atom stereocenters. The predicted octanol–water partition coefficient (Wildman–Crippen LogP) is 6.35. The molecule has 3 heterocycles. The molecule has 0 saturated carbocycles. The lowest BCUT2D eigenvalue weighted by Gasteiger charge is -2.34. The molecule has 4 aromatic rings. The maximum Gasteiger partial charge on any atom is 0.152 e. The van der Waals surface area contributed by atoms with Gasteiger partial charge in [0.2, 0.25) is 0 Å². The highest BCUT2D eigenvalue weighted by molar-refractivity contribution is 5.95. The number of piperidine rings is 1. The van der Waals surface area contributed by atoms with Crippen molar-refractivity contribution in [1.29, 1.82) is 0 Å². The Kier molecular flexibility index (Phi) is 5.50. The first-order valence-electron chi connectivity index (χ1n) is 11.5. The number of aromatic nitrogens is 2. The second-order valence-electron chi connectivity index (χ2n) is 8.91. The Bertz CT molecular complexity index is 1160. The fraction of sp³-hybridized carbons (Fsp3) is 0.321. The fourth-order valence-electron chi connectivity index (χ4n) is 5.08. The van der Waals surface area contributed by atoms with Gasteiger partial charge >= 0.3 is 0 Å². The van der Waals surface area contributed by atoms with Crippen molar-refractivity contribution in [1.82, 2.24) is 9.97 Å². The van der Waals surface area contributed by atoms with Crippen LogP contribution in [0.25, 0.3) is 10.9 Å². The van der Waals surface area contributed by atoms with E-state index in [2.05, 4.69) is 90.6 Å². The van der Waals surface area contributed by atoms with E-state index in [1.807, 2.05) is 0 Å². The third-order valence-corrected chi connectivity index (χ3v) is 6.91. The number of nitrogens with one attached hydrogen (secondary N) is 1. The van der Waals surface area contributed by atoms with Crippen molar-refractivity contribution in [2.24, 2.45) is 0 Å². The summed E-state index contributed by atoms with van der Waals surface area (Å²) in [5.74, 6) is 1.69. The second-order valence-corrected chi connectivity index (χ2v) is 8.91. The predicted molar refractivity (Wildman–Crippen MR) is 130 cm³/mol. The van der Waals surface area contributed by atoms with Gasteiger partial charge in [-0.15, -0.1) is 0 Å². The monoisotopic (exact) mass is 409 g/mol. The topological polar surface area (TPSA) is 31.9 Å². The molecule has 0 aliphatic carbocycles. The zero-order chi connectivity index (χ0) is 21.2. The van der Waals surface area contributed by atoms with Crippen molar-refractivity contribution >= 4 is 16.7 Å². The summed E-state index contributed by atoms with van der Waals surface area (Å²) >= 11 is 0. The third-order valence-electron chi connectivity index (χ3n) is 6.91. The molecular formula is C28H31N3. The van der Waals surface area contributed by atoms with E-state index >= 15 is 0 Å². The second kappa shape index (κ2) is 8.58. The minimum Gasteiger partial charge on any atom is -0.355 e. The number of hydrogen-bond donors (Lipinski definition) is 1. The number of aryl methyl sites for hydroxylation is 4. The summed E-state index contributed by atoms with van der Waals surface area (Å²) in [6.07, 6.45) is 6.64. The highest BCUT2D eigenvalue weighted by atomic mass is 15.2. The number of rotatable bonds is 5. The van der Waals surface area contributed by atoms with Crippen molar-refractivity contribution in [2.75, 3.05) is 18.0 Å². The number of H-pyrrole nitrogens is 1. The Hall–Kier alpha value is -3.07. The van der Waals surface area contributed by atoms with Crippen LogP contribution in [-0.4, -0.2) is 23.1 Å². The van der Waals surface area contributed by atoms with Gasteiger partial charge in [0.05, 0.1) is 5.52 Å². The van der Waals surface area contributed by atoms with E-state index in [4.69, 9.17) is 4.98 Å². The van der Waals surface area contributed by atoms with Gasteiger partial charge in [-0.1, -0.05) is 60.7 Å². The molecular weight excluding hydrogens is 378 g/mol. The van der Waals surface area contributed by atoms with Crippen LogP contribution in [0.15, 0.2) is 66.9 Å². The molecule has 2 aromatic carbocycles. The zero-order valence-corrected chi connectivity index (χ0v) is 18.6. The quantitative estimate of drug-likeness (QED) is 0.416. The van der Waals surface area contributed by atoms with Crippen LogP contribution in [0.4, 0.5) is 5.82 Å². The summed E-state index contributed by atoms with van der Waals surface area (Å²) in [4.78, 5) is 11.2. The molecule has 0 radical (unpaired) electrons. The van der Waals surface area contributed by atoms with Crippen molar-refractivity contribution in [3.05, 3.63) is 94.8 Å². The number of pyridine rings is 1. The molecule has 3 nitrogen and oxygen atoms in total. The summed E-state index contributed by atoms with van der Waals surface area (Å²) < 4.78 is 0. The molecule has 31 heavy (non-hydrogen) atoms. The molecule has 2 aromatic heterocycles. The van der Waals surface area contributed by atoms with Crippen LogP contribution in [0.5, 0.6) is 0 Å². The summed E-state index contributed by atoms with van der Waals surface area (Å²) in [5, 5.41) is 1.38. The van der Waals surface area contributed by atoms with E-state index in [1.165, 1.54) is 51.7 Å². The van der Waals surface area contributed by atoms with Gasteiger partial charge in [0.15, 0.2) is 5.82 Å². The SMILES string of the molecule is Cc1[nH]c2c(N3CCCC(c4ccccc4)C3)ncc(CCc3ccccc3)c2c1C. The molecule has 1 aliphatic rings. The maximum atomic E-state index is 5.02. The molecule has 5 rings (SSSR count). The number of benzene rings is 2. The van der Waals surface area contributed by atoms with Gasteiger partial charge < -0.3 is 9.88 Å². The lowest BCUT2D eigenvalue weighted by molar-refractivity contribution is 0.508. The fourth-order valence-corrected chi connectivity index (χ4v) is 5.08. The van der Waals surface area contributed by atoms with E-state index in [0.29, 0.717) is 5.92 Å². The summed E-state index contributed by atoms with van der Waals surface area (Å²) in [5.41, 5.74) is 8.00. The van der Waals surface area contributed by atoms with Gasteiger partial charge in [0.25, 0.3) is 0 Å². The van der Waals surface area contributed by atoms with Crippen LogP contribution in [0.3, 0.4) is 0 Å². The Morgan fingerprint density at radius 3 is 2.48 bits per heavy atom. The Morgan fingerprint density at radius 1 is 0.968 bits per heavy atom. The first kappa shape index (κ1) is 19.9. The van der Waals surface area contributed by atoms with Gasteiger partial charge in [-0.3, -0.25) is 0 Å². The maximum absolute atomic E-state index is 5.02. The molecule has 1 unspecified atom stereocenters. The minimum absolute atomic E-state index is 0.571. The zero-order valence-electron chi connectivity index (χ0n) is 18.6. The molecule has 3 heteroatoms. The molecule has 0 spiro atoms. The Morgan fingerprint density at radius 2 is 1.71 bits per heavy atom. The smallest absolute Gasteiger partial charge is 0.152 e. The lowest BCUT2D eigenvalue weighted by atomic mass is 9.90. The van der Waals surface area contributed by atoms with E-state index in [9.17, 15) is 0 Å². The molecule has 1 N–H and O–H groups in total. The Labute approximate surface area is 185 Å². The molecule has 1 saturated heterocycles. The van der Waals surface area contributed by atoms with Crippen molar-refractivity contribution in [3.8, 4) is 0 Å². The van der Waals surface area contributed by atoms with Crippen LogP contribution in [0, 0.1) is 13.8 Å². The van der Waals surface area contributed by atoms with E-state index < -0.39 is 0 Å². The first-order valence-corrected chi connectivity index (χ1v) is 11.5. The van der Waals surface area contributed by atoms with Crippen LogP contribution in [-0.2, 0) is 12.8 Å². The van der Waals surface area contributed by atoms with Crippen LogP contribution >= 0.6 is 0 Å². The van der Waals surface area contributed by atoms with Crippen LogP contribution in [0.1, 0.15) is 46.7 Å². The Balaban J connectivity index is 1.46. The van der Waals surface area contributed by atoms with Gasteiger partial charge in [0.1, 0.15) is 0 Å². The van der Waals surface area contributed by atoms with Gasteiger partial charge in [-0.25, -0.2) is 4.98 Å². The number of hydrogen-bond acceptors (Lipinski definition) is 2. The number of aromatic amines is 1. The van der Waals surface area contributed by atoms with Gasteiger partial charge in [-0.05, 0) is 61.8 Å². The van der Waals surface area contributed by atoms with Gasteiger partial charge in [0, 0.05) is 36.3 Å². The molecule has 0 amide bonds. The molecule has 158 valence electrons. The lowest BCUT2D eigenvalue weighted by Crippen LogP contribution is -2.35. The largest absolute Gasteiger partial charge is 0.355 e. The average Bonchev–Trinajstić information content (AvgIpc) is 3.13. The van der Waals surface area contributed by atoms with Crippen LogP contribution in [0.2, 0.25) is 0 Å². The van der Waals surface area contributed by atoms with E-state index in [1.54, 1.807) is 0 Å². The van der Waals surface area contributed by atoms with E-state index in [0.717, 1.165) is 31.7 Å². The first-order chi connectivity index (χ1) is 15.2. The average molecular weight is 410 g/mol. The highest BCUT2D eigenvalue weighted by Crippen LogP contribution is 2.35. The minimum atomic E-state index is 0.571. The molecule has 1 fully saturated rings. The number of anilines is 1. The van der Waals surface area contributed by atoms with Crippen molar-refractivity contribution in [2.45, 2.75) is 45.4 Å². The number of fused-ring (bicyclic) bond motifs is 1. The van der Waals surface area contributed by atoms with E-state index in [-0.39, 0.29) is 0 Å². The van der Waals surface area contributed by atoms with Crippen molar-refractivity contribution in [3.63, 3.8) is 0 Å². The van der Waals surface area contributed by atoms with Crippen LogP contribution < -0.4 is 4.90 Å². The summed E-state index contributed by atoms with van der Waals surface area (Å²) in [7, 11) is 0.